The third-order valence-corrected chi connectivity index (χ3v) is 4.90. The minimum Gasteiger partial charge on any atom is -0.494 e. The van der Waals surface area contributed by atoms with E-state index in [0.29, 0.717) is 26.4 Å². The van der Waals surface area contributed by atoms with Gasteiger partial charge in [0.25, 0.3) is 11.7 Å². The van der Waals surface area contributed by atoms with Crippen molar-refractivity contribution in [1.29, 1.82) is 0 Å². The van der Waals surface area contributed by atoms with Gasteiger partial charge in [0.05, 0.1) is 25.5 Å². The van der Waals surface area contributed by atoms with Crippen LogP contribution in [-0.2, 0) is 20.1 Å². The number of hydrogen-bond acceptors (Lipinski definition) is 4. The van der Waals surface area contributed by atoms with Gasteiger partial charge in [-0.25, -0.2) is 0 Å². The zero-order chi connectivity index (χ0) is 18.1. The number of benzene rings is 2. The fourth-order valence-electron chi connectivity index (χ4n) is 3.63. The minimum absolute atomic E-state index is 0.130. The summed E-state index contributed by atoms with van der Waals surface area (Å²) in [6, 6.07) is 13.9. The zero-order valence-electron chi connectivity index (χ0n) is 15.2. The van der Waals surface area contributed by atoms with Gasteiger partial charge >= 0.3 is 0 Å². The lowest BCUT2D eigenvalue weighted by atomic mass is 10.0. The smallest absolute Gasteiger partial charge is 0.292 e. The van der Waals surface area contributed by atoms with Crippen LogP contribution in [0.5, 0.6) is 5.75 Å². The van der Waals surface area contributed by atoms with E-state index in [4.69, 9.17) is 14.2 Å². The summed E-state index contributed by atoms with van der Waals surface area (Å²) < 4.78 is 17.3. The van der Waals surface area contributed by atoms with E-state index in [2.05, 4.69) is 0 Å². The van der Waals surface area contributed by atoms with Crippen molar-refractivity contribution in [3.05, 3.63) is 59.2 Å². The van der Waals surface area contributed by atoms with E-state index in [9.17, 15) is 4.79 Å². The Labute approximate surface area is 153 Å². The number of para-hydroxylation sites is 1. The fourth-order valence-corrected chi connectivity index (χ4v) is 3.63. The summed E-state index contributed by atoms with van der Waals surface area (Å²) in [6.45, 7) is 6.04. The molecule has 2 heterocycles. The molecule has 4 rings (SSSR count). The van der Waals surface area contributed by atoms with Crippen molar-refractivity contribution >= 4 is 11.6 Å². The molecule has 0 N–H and O–H groups in total. The topological polar surface area (TPSA) is 48.0 Å². The maximum absolute atomic E-state index is 13.1. The number of anilines is 1. The summed E-state index contributed by atoms with van der Waals surface area (Å²) in [7, 11) is 0. The summed E-state index contributed by atoms with van der Waals surface area (Å²) >= 11 is 0. The Hall–Kier alpha value is -2.37. The van der Waals surface area contributed by atoms with Crippen LogP contribution in [0.4, 0.5) is 5.69 Å². The first-order valence-electron chi connectivity index (χ1n) is 9.01. The molecule has 1 spiro atoms. The van der Waals surface area contributed by atoms with Crippen LogP contribution in [-0.4, -0.2) is 32.3 Å². The van der Waals surface area contributed by atoms with Crippen LogP contribution < -0.4 is 9.64 Å². The van der Waals surface area contributed by atoms with E-state index >= 15 is 0 Å². The molecular weight excluding hydrogens is 330 g/mol. The second kappa shape index (κ2) is 6.74. The van der Waals surface area contributed by atoms with Gasteiger partial charge in [-0.1, -0.05) is 35.9 Å². The number of hydrogen-bond donors (Lipinski definition) is 0. The van der Waals surface area contributed by atoms with Gasteiger partial charge in [-0.15, -0.1) is 0 Å². The van der Waals surface area contributed by atoms with Crippen LogP contribution in [0.3, 0.4) is 0 Å². The molecule has 0 saturated carbocycles. The summed E-state index contributed by atoms with van der Waals surface area (Å²) in [5, 5.41) is 0. The Morgan fingerprint density at radius 1 is 1.08 bits per heavy atom. The number of amides is 1. The number of rotatable bonds is 5. The summed E-state index contributed by atoms with van der Waals surface area (Å²) in [6.07, 6.45) is 0.726. The van der Waals surface area contributed by atoms with Gasteiger partial charge < -0.3 is 19.1 Å². The molecule has 0 atom stereocenters. The number of nitrogens with zero attached hydrogens (tertiary/aromatic N) is 1. The van der Waals surface area contributed by atoms with Gasteiger partial charge in [0, 0.05) is 12.1 Å². The summed E-state index contributed by atoms with van der Waals surface area (Å²) in [5.41, 5.74) is 3.98. The van der Waals surface area contributed by atoms with Gasteiger partial charge in [0.2, 0.25) is 0 Å². The second-order valence-electron chi connectivity index (χ2n) is 6.76. The molecule has 0 bridgehead atoms. The molecule has 5 nitrogen and oxygen atoms in total. The molecule has 2 aromatic carbocycles. The van der Waals surface area contributed by atoms with E-state index in [-0.39, 0.29) is 5.91 Å². The number of carbonyl (C=O) groups is 1. The minimum atomic E-state index is -1.25. The molecule has 1 saturated heterocycles. The van der Waals surface area contributed by atoms with Crippen molar-refractivity contribution < 1.29 is 19.0 Å². The third-order valence-electron chi connectivity index (χ3n) is 4.90. The van der Waals surface area contributed by atoms with Crippen LogP contribution in [0, 0.1) is 13.8 Å². The van der Waals surface area contributed by atoms with Gasteiger partial charge in [-0.3, -0.25) is 4.79 Å². The third kappa shape index (κ3) is 2.77. The quantitative estimate of drug-likeness (QED) is 0.774. The highest BCUT2D eigenvalue weighted by Crippen LogP contribution is 2.47. The normalized spacial score (nSPS) is 17.8. The molecule has 1 fully saturated rings. The molecule has 26 heavy (non-hydrogen) atoms. The average molecular weight is 353 g/mol. The van der Waals surface area contributed by atoms with Crippen LogP contribution in [0.2, 0.25) is 0 Å². The van der Waals surface area contributed by atoms with Gasteiger partial charge in [0.15, 0.2) is 0 Å². The van der Waals surface area contributed by atoms with Crippen LogP contribution in [0.1, 0.15) is 23.1 Å². The molecular formula is C21H23NO4. The average Bonchev–Trinajstić information content (AvgIpc) is 3.22. The molecule has 2 aliphatic heterocycles. The van der Waals surface area contributed by atoms with Crippen molar-refractivity contribution in [2.45, 2.75) is 26.1 Å². The van der Waals surface area contributed by atoms with E-state index in [1.165, 1.54) is 5.56 Å². The van der Waals surface area contributed by atoms with Crippen molar-refractivity contribution in [2.24, 2.45) is 0 Å². The Morgan fingerprint density at radius 2 is 1.81 bits per heavy atom. The van der Waals surface area contributed by atoms with Crippen molar-refractivity contribution in [2.75, 3.05) is 31.3 Å². The molecule has 136 valence electrons. The molecule has 0 radical (unpaired) electrons. The first-order chi connectivity index (χ1) is 12.6. The predicted molar refractivity (Wildman–Crippen MR) is 98.4 cm³/mol. The Kier molecular flexibility index (Phi) is 4.42. The second-order valence-corrected chi connectivity index (χ2v) is 6.76. The highest BCUT2D eigenvalue weighted by Gasteiger charge is 2.56. The lowest BCUT2D eigenvalue weighted by Crippen LogP contribution is -2.41. The number of aryl methyl sites for hydroxylation is 2. The molecule has 0 aromatic heterocycles. The van der Waals surface area contributed by atoms with E-state index in [1.54, 1.807) is 4.90 Å². The lowest BCUT2D eigenvalue weighted by molar-refractivity contribution is -0.180. The first-order valence-corrected chi connectivity index (χ1v) is 9.01. The van der Waals surface area contributed by atoms with Crippen LogP contribution in [0.15, 0.2) is 42.5 Å². The monoisotopic (exact) mass is 353 g/mol. The summed E-state index contributed by atoms with van der Waals surface area (Å²) in [5.74, 6) is -0.535. The van der Waals surface area contributed by atoms with Crippen molar-refractivity contribution in [3.8, 4) is 5.75 Å². The summed E-state index contributed by atoms with van der Waals surface area (Å²) in [4.78, 5) is 14.9. The number of carbonyl (C=O) groups excluding carboxylic acids is 1. The number of fused-ring (bicyclic) bond motifs is 2. The van der Waals surface area contributed by atoms with E-state index < -0.39 is 5.79 Å². The van der Waals surface area contributed by atoms with Crippen LogP contribution in [0.25, 0.3) is 0 Å². The van der Waals surface area contributed by atoms with Gasteiger partial charge in [-0.05, 0) is 38.0 Å². The van der Waals surface area contributed by atoms with E-state index in [0.717, 1.165) is 29.0 Å². The van der Waals surface area contributed by atoms with Crippen LogP contribution >= 0.6 is 0 Å². The fraction of sp³-hybridized carbons (Fsp3) is 0.381. The highest BCUT2D eigenvalue weighted by molar-refractivity contribution is 6.07. The molecule has 2 aliphatic rings. The zero-order valence-corrected chi connectivity index (χ0v) is 15.2. The Bertz CT molecular complexity index is 809. The van der Waals surface area contributed by atoms with Crippen molar-refractivity contribution in [3.63, 3.8) is 0 Å². The SMILES string of the molecule is Cc1ccc(OCCCN2C(=O)C3(OCCO3)c3cccc(C)c32)cc1. The molecule has 1 amide bonds. The molecule has 0 unspecified atom stereocenters. The maximum Gasteiger partial charge on any atom is 0.292 e. The maximum atomic E-state index is 13.1. The molecule has 0 aliphatic carbocycles. The Morgan fingerprint density at radius 3 is 2.54 bits per heavy atom. The van der Waals surface area contributed by atoms with Gasteiger partial charge in [0.1, 0.15) is 5.75 Å². The predicted octanol–water partition coefficient (Wildman–Crippen LogP) is 3.32. The lowest BCUT2D eigenvalue weighted by Gasteiger charge is -2.22. The standard InChI is InChI=1S/C21H23NO4/c1-15-7-9-17(10-8-15)24-12-4-11-22-19-16(2)5-3-6-18(19)21(20(22)23)25-13-14-26-21/h3,5-10H,4,11-14H2,1-2H3. The Balaban J connectivity index is 1.47. The van der Waals surface area contributed by atoms with Gasteiger partial charge in [-0.2, -0.15) is 0 Å². The van der Waals surface area contributed by atoms with Crippen molar-refractivity contribution in [1.82, 2.24) is 0 Å². The van der Waals surface area contributed by atoms with E-state index in [1.807, 2.05) is 56.3 Å². The highest BCUT2D eigenvalue weighted by atomic mass is 16.7. The number of ether oxygens (including phenoxy) is 3. The molecule has 2 aromatic rings. The molecule has 5 heteroatoms. The first kappa shape index (κ1) is 17.1. The largest absolute Gasteiger partial charge is 0.494 e.